The second-order valence-electron chi connectivity index (χ2n) is 10.3. The van der Waals surface area contributed by atoms with Crippen LogP contribution in [0.3, 0.4) is 0 Å². The second kappa shape index (κ2) is 15.1. The minimum atomic E-state index is -1.22. The van der Waals surface area contributed by atoms with Gasteiger partial charge in [-0.05, 0) is 80.3 Å². The fourth-order valence-electron chi connectivity index (χ4n) is 4.55. The number of pyridine rings is 1. The van der Waals surface area contributed by atoms with Crippen LogP contribution in [0.2, 0.25) is 5.02 Å². The van der Waals surface area contributed by atoms with Gasteiger partial charge in [0.15, 0.2) is 11.5 Å². The molecule has 1 heterocycles. The van der Waals surface area contributed by atoms with Gasteiger partial charge in [0.05, 0.1) is 24.3 Å². The summed E-state index contributed by atoms with van der Waals surface area (Å²) < 4.78 is 30.6. The van der Waals surface area contributed by atoms with Crippen LogP contribution in [0.4, 0.5) is 15.8 Å². The maximum absolute atomic E-state index is 13.2. The van der Waals surface area contributed by atoms with Crippen LogP contribution in [0.15, 0.2) is 66.9 Å². The van der Waals surface area contributed by atoms with Crippen molar-refractivity contribution in [1.29, 1.82) is 0 Å². The first kappa shape index (κ1) is 34.2. The summed E-state index contributed by atoms with van der Waals surface area (Å²) in [7, 11) is 1.51. The fourth-order valence-corrected chi connectivity index (χ4v) is 4.77. The van der Waals surface area contributed by atoms with Crippen molar-refractivity contribution in [2.24, 2.45) is 5.41 Å². The number of rotatable bonds is 13. The molecule has 5 rings (SSSR count). The van der Waals surface area contributed by atoms with Gasteiger partial charge in [0, 0.05) is 35.4 Å². The standard InChI is InChI=1S/C32H29ClFN3O7.Ca.2H/c1-42-27-17-22-24(18-28(27)43-15-3-2-4-29(38)39)35-14-11-25(22)44-26-10-9-21(16-23(26)33)37-31(41)32(12-13-32)30(40)36-20-7-5-19(34)6-8-20;;;/h5-11,14,16-18H,2-4,12-13,15H2,1H3,(H,36,40)(H,37,41)(H,38,39);;;. The number of amides is 2. The fraction of sp³-hybridized carbons (Fsp3) is 0.250. The van der Waals surface area contributed by atoms with Crippen molar-refractivity contribution in [3.05, 3.63) is 77.7 Å². The first-order valence-corrected chi connectivity index (χ1v) is 14.2. The predicted molar refractivity (Wildman–Crippen MR) is 171 cm³/mol. The van der Waals surface area contributed by atoms with Crippen molar-refractivity contribution >= 4 is 89.4 Å². The minimum absolute atomic E-state index is 0. The number of carbonyl (C=O) groups is 3. The topological polar surface area (TPSA) is 136 Å². The summed E-state index contributed by atoms with van der Waals surface area (Å²) in [6, 6.07) is 15.2. The van der Waals surface area contributed by atoms with Crippen LogP contribution >= 0.6 is 11.6 Å². The van der Waals surface area contributed by atoms with Gasteiger partial charge >= 0.3 is 43.7 Å². The van der Waals surface area contributed by atoms with Gasteiger partial charge in [0.1, 0.15) is 22.7 Å². The molecular formula is C32H31CaClFN3O7. The molecule has 0 bridgehead atoms. The Morgan fingerprint density at radius 3 is 2.24 bits per heavy atom. The van der Waals surface area contributed by atoms with Gasteiger partial charge < -0.3 is 30.0 Å². The van der Waals surface area contributed by atoms with Gasteiger partial charge in [0.2, 0.25) is 11.8 Å². The number of methoxy groups -OCH3 is 1. The third-order valence-corrected chi connectivity index (χ3v) is 7.46. The first-order chi connectivity index (χ1) is 21.2. The molecule has 10 nitrogen and oxygen atoms in total. The molecule has 13 heteroatoms. The number of ether oxygens (including phenoxy) is 3. The molecule has 0 unspecified atom stereocenters. The number of carboxylic acid groups (broad SMARTS) is 1. The zero-order chi connectivity index (χ0) is 31.3. The van der Waals surface area contributed by atoms with Crippen LogP contribution in [0, 0.1) is 11.2 Å². The van der Waals surface area contributed by atoms with E-state index in [1.54, 1.807) is 36.5 Å². The average molecular weight is 664 g/mol. The summed E-state index contributed by atoms with van der Waals surface area (Å²) in [4.78, 5) is 41.1. The molecule has 1 aliphatic rings. The van der Waals surface area contributed by atoms with E-state index >= 15 is 0 Å². The Hall–Kier alpha value is -3.64. The molecule has 3 N–H and O–H groups in total. The Balaban J connectivity index is 0.00000461. The third-order valence-electron chi connectivity index (χ3n) is 7.16. The number of nitrogens with zero attached hydrogens (tertiary/aromatic N) is 1. The van der Waals surface area contributed by atoms with E-state index in [-0.39, 0.29) is 49.2 Å². The van der Waals surface area contributed by atoms with Crippen molar-refractivity contribution in [3.8, 4) is 23.0 Å². The Morgan fingerprint density at radius 2 is 1.60 bits per heavy atom. The number of anilines is 2. The first-order valence-electron chi connectivity index (χ1n) is 13.9. The zero-order valence-corrected chi connectivity index (χ0v) is 24.4. The van der Waals surface area contributed by atoms with Gasteiger partial charge in [-0.15, -0.1) is 0 Å². The summed E-state index contributed by atoms with van der Waals surface area (Å²) in [6.45, 7) is 0.323. The molecule has 3 aromatic carbocycles. The van der Waals surface area contributed by atoms with Crippen LogP contribution in [0.25, 0.3) is 10.9 Å². The van der Waals surface area contributed by atoms with Gasteiger partial charge in [-0.3, -0.25) is 19.4 Å². The van der Waals surface area contributed by atoms with E-state index in [0.29, 0.717) is 77.6 Å². The summed E-state index contributed by atoms with van der Waals surface area (Å²) >= 11 is 6.53. The molecule has 0 atom stereocenters. The molecule has 0 spiro atoms. The molecule has 1 aliphatic carbocycles. The van der Waals surface area contributed by atoms with E-state index in [1.165, 1.54) is 37.4 Å². The summed E-state index contributed by atoms with van der Waals surface area (Å²) in [5, 5.41) is 15.1. The van der Waals surface area contributed by atoms with Crippen LogP contribution in [0.1, 0.15) is 32.1 Å². The Morgan fingerprint density at radius 1 is 0.911 bits per heavy atom. The number of hydrogen-bond donors (Lipinski definition) is 3. The van der Waals surface area contributed by atoms with Crippen molar-refractivity contribution in [1.82, 2.24) is 4.98 Å². The molecule has 4 aromatic rings. The van der Waals surface area contributed by atoms with Crippen LogP contribution in [-0.4, -0.2) is 79.3 Å². The maximum atomic E-state index is 13.2. The Bertz CT molecular complexity index is 1720. The number of aromatic nitrogens is 1. The summed E-state index contributed by atoms with van der Waals surface area (Å²) in [5.74, 6) is -0.494. The number of halogens is 2. The molecule has 45 heavy (non-hydrogen) atoms. The van der Waals surface area contributed by atoms with Crippen molar-refractivity contribution < 1.29 is 38.1 Å². The molecule has 0 radical (unpaired) electrons. The summed E-state index contributed by atoms with van der Waals surface area (Å²) in [5.41, 5.74) is 0.154. The number of carboxylic acids is 1. The van der Waals surface area contributed by atoms with Crippen molar-refractivity contribution in [3.63, 3.8) is 0 Å². The SMILES string of the molecule is COc1cc2c(Oc3ccc(NC(=O)C4(C(=O)Nc5ccc(F)cc5)CC4)cc3Cl)ccnc2cc1OCCCCC(=O)O.[CaH2]. The molecular weight excluding hydrogens is 633 g/mol. The summed E-state index contributed by atoms with van der Waals surface area (Å²) in [6.07, 6.45) is 3.50. The Labute approximate surface area is 293 Å². The normalized spacial score (nSPS) is 12.9. The molecule has 0 saturated heterocycles. The van der Waals surface area contributed by atoms with Crippen LogP contribution < -0.4 is 24.8 Å². The Kier molecular flexibility index (Phi) is 11.5. The van der Waals surface area contributed by atoms with Gasteiger partial charge in [0.25, 0.3) is 0 Å². The number of unbranched alkanes of at least 4 members (excludes halogenated alkanes) is 1. The molecule has 1 saturated carbocycles. The number of aliphatic carboxylic acids is 1. The van der Waals surface area contributed by atoms with Gasteiger partial charge in [-0.25, -0.2) is 4.39 Å². The monoisotopic (exact) mass is 663 g/mol. The molecule has 232 valence electrons. The van der Waals surface area contributed by atoms with Gasteiger partial charge in [-0.1, -0.05) is 11.6 Å². The molecule has 2 amide bonds. The third kappa shape index (κ3) is 8.35. The van der Waals surface area contributed by atoms with E-state index in [1.807, 2.05) is 0 Å². The molecule has 0 aliphatic heterocycles. The van der Waals surface area contributed by atoms with Crippen LogP contribution in [-0.2, 0) is 14.4 Å². The van der Waals surface area contributed by atoms with Gasteiger partial charge in [-0.2, -0.15) is 0 Å². The van der Waals surface area contributed by atoms with E-state index in [2.05, 4.69) is 15.6 Å². The quantitative estimate of drug-likeness (QED) is 0.0914. The van der Waals surface area contributed by atoms with E-state index in [9.17, 15) is 18.8 Å². The second-order valence-corrected chi connectivity index (χ2v) is 10.7. The van der Waals surface area contributed by atoms with Crippen molar-refractivity contribution in [2.75, 3.05) is 24.4 Å². The number of carbonyl (C=O) groups excluding carboxylic acids is 2. The van der Waals surface area contributed by atoms with E-state index in [0.717, 1.165) is 0 Å². The van der Waals surface area contributed by atoms with E-state index in [4.69, 9.17) is 30.9 Å². The predicted octanol–water partition coefficient (Wildman–Crippen LogP) is 5.90. The van der Waals surface area contributed by atoms with Crippen LogP contribution in [0.5, 0.6) is 23.0 Å². The molecule has 1 aromatic heterocycles. The number of benzene rings is 3. The van der Waals surface area contributed by atoms with E-state index < -0.39 is 29.0 Å². The number of hydrogen-bond acceptors (Lipinski definition) is 7. The zero-order valence-electron chi connectivity index (χ0n) is 23.7. The number of fused-ring (bicyclic) bond motifs is 1. The number of nitrogens with one attached hydrogen (secondary N) is 2. The average Bonchev–Trinajstić information content (AvgIpc) is 3.82. The molecule has 1 fully saturated rings. The van der Waals surface area contributed by atoms with Crippen molar-refractivity contribution in [2.45, 2.75) is 32.1 Å².